The van der Waals surface area contributed by atoms with E-state index in [9.17, 15) is 17.6 Å². The van der Waals surface area contributed by atoms with Crippen LogP contribution in [0.25, 0.3) is 11.3 Å². The molecular weight excluding hydrogens is 385 g/mol. The Labute approximate surface area is 161 Å². The smallest absolute Gasteiger partial charge is 0.339 e. The number of H-pyrrole nitrogens is 1. The number of halogens is 1. The van der Waals surface area contributed by atoms with Gasteiger partial charge in [0.1, 0.15) is 11.6 Å². The Balaban J connectivity index is 1.89. The molecule has 3 aromatic rings. The third kappa shape index (κ3) is 3.95. The Hall–Kier alpha value is -3.04. The number of nitrogens with one attached hydrogen (secondary N) is 1. The van der Waals surface area contributed by atoms with E-state index in [-0.39, 0.29) is 12.1 Å². The topological polar surface area (TPSA) is 92.4 Å². The highest BCUT2D eigenvalue weighted by Crippen LogP contribution is 2.23. The maximum atomic E-state index is 13.7. The number of rotatable bonds is 6. The summed E-state index contributed by atoms with van der Waals surface area (Å²) in [7, 11) is -1.72. The van der Waals surface area contributed by atoms with E-state index in [4.69, 9.17) is 0 Å². The molecule has 1 N–H and O–H groups in total. The molecule has 0 amide bonds. The molecule has 0 saturated heterocycles. The summed E-state index contributed by atoms with van der Waals surface area (Å²) in [5.74, 6) is -1.23. The van der Waals surface area contributed by atoms with Gasteiger partial charge in [0.05, 0.1) is 36.0 Å². The predicted molar refractivity (Wildman–Crippen MR) is 100 cm³/mol. The number of carbonyl (C=O) groups is 1. The minimum atomic E-state index is -4.17. The van der Waals surface area contributed by atoms with Crippen molar-refractivity contribution in [3.05, 3.63) is 71.9 Å². The standard InChI is InChI=1S/C19H18FN3O4S/c1-23(12-18-21-11-16(22-18)13-6-4-3-5-7-13)28(25,26)17-10-14(20)8-9-15(17)19(24)27-2/h3-11H,12H2,1-2H3,(H,21,22). The van der Waals surface area contributed by atoms with Gasteiger partial charge < -0.3 is 9.72 Å². The number of sulfonamides is 1. The Morgan fingerprint density at radius 1 is 1.21 bits per heavy atom. The number of carbonyl (C=O) groups excluding carboxylic acids is 1. The number of hydrogen-bond donors (Lipinski definition) is 1. The first-order valence-electron chi connectivity index (χ1n) is 8.26. The first-order valence-corrected chi connectivity index (χ1v) is 9.70. The molecule has 0 aliphatic rings. The quantitative estimate of drug-likeness (QED) is 0.639. The Morgan fingerprint density at radius 2 is 1.93 bits per heavy atom. The van der Waals surface area contributed by atoms with E-state index in [0.717, 1.165) is 40.9 Å². The van der Waals surface area contributed by atoms with Crippen LogP contribution in [0.3, 0.4) is 0 Å². The summed E-state index contributed by atoms with van der Waals surface area (Å²) in [6.45, 7) is -0.0910. The second-order valence-electron chi connectivity index (χ2n) is 6.00. The fourth-order valence-electron chi connectivity index (χ4n) is 2.66. The first kappa shape index (κ1) is 19.7. The van der Waals surface area contributed by atoms with Gasteiger partial charge in [-0.15, -0.1) is 0 Å². The van der Waals surface area contributed by atoms with E-state index in [0.29, 0.717) is 5.82 Å². The highest BCUT2D eigenvalue weighted by molar-refractivity contribution is 7.89. The summed E-state index contributed by atoms with van der Waals surface area (Å²) in [4.78, 5) is 18.7. The maximum absolute atomic E-state index is 13.7. The number of benzene rings is 2. The van der Waals surface area contributed by atoms with Crippen LogP contribution >= 0.6 is 0 Å². The fraction of sp³-hybridized carbons (Fsp3) is 0.158. The summed E-state index contributed by atoms with van der Waals surface area (Å²) in [6, 6.07) is 12.3. The van der Waals surface area contributed by atoms with Crippen molar-refractivity contribution in [2.45, 2.75) is 11.4 Å². The van der Waals surface area contributed by atoms with E-state index in [1.54, 1.807) is 6.20 Å². The molecule has 2 aromatic carbocycles. The van der Waals surface area contributed by atoms with E-state index >= 15 is 0 Å². The van der Waals surface area contributed by atoms with E-state index < -0.39 is 26.7 Å². The molecule has 0 radical (unpaired) electrons. The van der Waals surface area contributed by atoms with Crippen molar-refractivity contribution < 1.29 is 22.3 Å². The summed E-state index contributed by atoms with van der Waals surface area (Å²) in [5, 5.41) is 0. The van der Waals surface area contributed by atoms with Gasteiger partial charge in [-0.1, -0.05) is 30.3 Å². The molecule has 0 saturated carbocycles. The Bertz CT molecular complexity index is 1100. The molecule has 28 heavy (non-hydrogen) atoms. The lowest BCUT2D eigenvalue weighted by Gasteiger charge is -2.18. The lowest BCUT2D eigenvalue weighted by atomic mass is 10.2. The summed E-state index contributed by atoms with van der Waals surface area (Å²) >= 11 is 0. The average Bonchev–Trinajstić information content (AvgIpc) is 3.16. The van der Waals surface area contributed by atoms with Crippen molar-refractivity contribution in [3.63, 3.8) is 0 Å². The highest BCUT2D eigenvalue weighted by atomic mass is 32.2. The van der Waals surface area contributed by atoms with Crippen LogP contribution in [-0.2, 0) is 21.3 Å². The van der Waals surface area contributed by atoms with Gasteiger partial charge in [-0.05, 0) is 23.8 Å². The molecule has 146 valence electrons. The maximum Gasteiger partial charge on any atom is 0.339 e. The van der Waals surface area contributed by atoms with Crippen molar-refractivity contribution in [2.24, 2.45) is 0 Å². The van der Waals surface area contributed by atoms with Crippen molar-refractivity contribution >= 4 is 16.0 Å². The summed E-state index contributed by atoms with van der Waals surface area (Å²) in [6.07, 6.45) is 1.60. The number of ether oxygens (including phenoxy) is 1. The molecule has 9 heteroatoms. The van der Waals surface area contributed by atoms with Gasteiger partial charge in [0.15, 0.2) is 0 Å². The summed E-state index contributed by atoms with van der Waals surface area (Å²) in [5.41, 5.74) is 1.41. The molecule has 7 nitrogen and oxygen atoms in total. The monoisotopic (exact) mass is 403 g/mol. The molecule has 0 unspecified atom stereocenters. The van der Waals surface area contributed by atoms with Gasteiger partial charge in [-0.25, -0.2) is 22.6 Å². The van der Waals surface area contributed by atoms with Crippen LogP contribution in [0.15, 0.2) is 59.6 Å². The highest BCUT2D eigenvalue weighted by Gasteiger charge is 2.28. The number of nitrogens with zero attached hydrogens (tertiary/aromatic N) is 2. The number of aromatic nitrogens is 2. The Morgan fingerprint density at radius 3 is 2.61 bits per heavy atom. The van der Waals surface area contributed by atoms with Gasteiger partial charge in [-0.2, -0.15) is 4.31 Å². The van der Waals surface area contributed by atoms with Crippen LogP contribution in [0.1, 0.15) is 16.2 Å². The molecule has 0 aliphatic heterocycles. The molecular formula is C19H18FN3O4S. The molecule has 1 heterocycles. The van der Waals surface area contributed by atoms with Crippen LogP contribution in [0.2, 0.25) is 0 Å². The van der Waals surface area contributed by atoms with Crippen molar-refractivity contribution in [1.29, 1.82) is 0 Å². The Kier molecular flexibility index (Phi) is 5.57. The minimum Gasteiger partial charge on any atom is -0.465 e. The van der Waals surface area contributed by atoms with Crippen LogP contribution in [0.5, 0.6) is 0 Å². The molecule has 1 aromatic heterocycles. The van der Waals surface area contributed by atoms with E-state index in [1.807, 2.05) is 30.3 Å². The largest absolute Gasteiger partial charge is 0.465 e. The summed E-state index contributed by atoms with van der Waals surface area (Å²) < 4.78 is 45.1. The van der Waals surface area contributed by atoms with Gasteiger partial charge in [0, 0.05) is 7.05 Å². The number of esters is 1. The van der Waals surface area contributed by atoms with E-state index in [1.165, 1.54) is 7.05 Å². The zero-order valence-electron chi connectivity index (χ0n) is 15.2. The SMILES string of the molecule is COC(=O)c1ccc(F)cc1S(=O)(=O)N(C)Cc1ncc(-c2ccccc2)[nH]1. The van der Waals surface area contributed by atoms with Gasteiger partial charge in [-0.3, -0.25) is 0 Å². The average molecular weight is 403 g/mol. The lowest BCUT2D eigenvalue weighted by Crippen LogP contribution is -2.28. The van der Waals surface area contributed by atoms with Crippen molar-refractivity contribution in [2.75, 3.05) is 14.2 Å². The number of aromatic amines is 1. The van der Waals surface area contributed by atoms with Crippen molar-refractivity contribution in [1.82, 2.24) is 14.3 Å². The fourth-order valence-corrected chi connectivity index (χ4v) is 3.98. The van der Waals surface area contributed by atoms with Gasteiger partial charge >= 0.3 is 5.97 Å². The first-order chi connectivity index (χ1) is 13.3. The predicted octanol–water partition coefficient (Wildman–Crippen LogP) is 2.82. The van der Waals surface area contributed by atoms with Crippen LogP contribution in [-0.4, -0.2) is 42.8 Å². The normalized spacial score (nSPS) is 11.6. The molecule has 3 rings (SSSR count). The number of methoxy groups -OCH3 is 1. The van der Waals surface area contributed by atoms with Crippen LogP contribution < -0.4 is 0 Å². The minimum absolute atomic E-state index is 0.0910. The molecule has 0 fully saturated rings. The van der Waals surface area contributed by atoms with Gasteiger partial charge in [0.2, 0.25) is 10.0 Å². The molecule has 0 spiro atoms. The van der Waals surface area contributed by atoms with Crippen LogP contribution in [0, 0.1) is 5.82 Å². The molecule has 0 atom stereocenters. The molecule has 0 bridgehead atoms. The van der Waals surface area contributed by atoms with Crippen molar-refractivity contribution in [3.8, 4) is 11.3 Å². The zero-order chi connectivity index (χ0) is 20.3. The number of imidazole rings is 1. The van der Waals surface area contributed by atoms with E-state index in [2.05, 4.69) is 14.7 Å². The number of hydrogen-bond acceptors (Lipinski definition) is 5. The third-order valence-corrected chi connectivity index (χ3v) is 5.97. The molecule has 0 aliphatic carbocycles. The second kappa shape index (κ2) is 7.91. The lowest BCUT2D eigenvalue weighted by molar-refractivity contribution is 0.0596. The zero-order valence-corrected chi connectivity index (χ0v) is 16.0. The van der Waals surface area contributed by atoms with Crippen LogP contribution in [0.4, 0.5) is 4.39 Å². The van der Waals surface area contributed by atoms with Gasteiger partial charge in [0.25, 0.3) is 0 Å². The second-order valence-corrected chi connectivity index (χ2v) is 8.02. The third-order valence-electron chi connectivity index (χ3n) is 4.12.